The number of carboxylic acid groups (broad SMARTS) is 1. The van der Waals surface area contributed by atoms with E-state index in [1.165, 1.54) is 18.2 Å². The van der Waals surface area contributed by atoms with E-state index in [4.69, 9.17) is 21.8 Å². The Hall–Kier alpha value is -1.63. The first-order chi connectivity index (χ1) is 9.35. The number of nitrogens with one attached hydrogen (secondary N) is 1. The van der Waals surface area contributed by atoms with Crippen LogP contribution in [0.15, 0.2) is 18.2 Å². The fourth-order valence-electron chi connectivity index (χ4n) is 1.47. The van der Waals surface area contributed by atoms with E-state index in [2.05, 4.69) is 5.32 Å². The second-order valence-corrected chi connectivity index (χ2v) is 4.90. The number of carboxylic acids is 1. The Morgan fingerprint density at radius 1 is 1.45 bits per heavy atom. The normalized spacial score (nSPS) is 12.2. The lowest BCUT2D eigenvalue weighted by Gasteiger charge is -2.22. The summed E-state index contributed by atoms with van der Waals surface area (Å²) >= 11 is 5.91. The minimum absolute atomic E-state index is 0.0433. The highest BCUT2D eigenvalue weighted by Gasteiger charge is 2.14. The van der Waals surface area contributed by atoms with Gasteiger partial charge in [-0.1, -0.05) is 11.6 Å². The van der Waals surface area contributed by atoms with Crippen molar-refractivity contribution in [2.24, 2.45) is 0 Å². The Labute approximate surface area is 122 Å². The number of aliphatic hydroxyl groups is 1. The maximum atomic E-state index is 11.8. The maximum absolute atomic E-state index is 11.8. The molecule has 0 saturated heterocycles. The predicted octanol–water partition coefficient (Wildman–Crippen LogP) is 1.29. The number of aromatic carboxylic acids is 1. The quantitative estimate of drug-likeness (QED) is 0.736. The summed E-state index contributed by atoms with van der Waals surface area (Å²) < 4.78 is 0. The minimum Gasteiger partial charge on any atom is -0.478 e. The largest absolute Gasteiger partial charge is 0.478 e. The van der Waals surface area contributed by atoms with E-state index in [1.807, 2.05) is 0 Å². The molecule has 0 fully saturated rings. The molecule has 3 N–H and O–H groups in total. The van der Waals surface area contributed by atoms with Gasteiger partial charge in [-0.2, -0.15) is 0 Å². The Bertz CT molecular complexity index is 507. The van der Waals surface area contributed by atoms with Crippen molar-refractivity contribution in [2.45, 2.75) is 13.0 Å². The third kappa shape index (κ3) is 4.48. The van der Waals surface area contributed by atoms with Gasteiger partial charge in [-0.05, 0) is 32.2 Å². The van der Waals surface area contributed by atoms with Gasteiger partial charge in [-0.3, -0.25) is 9.69 Å². The molecular formula is C13H17ClN2O4. The van der Waals surface area contributed by atoms with Crippen LogP contribution in [0.1, 0.15) is 17.3 Å². The zero-order valence-corrected chi connectivity index (χ0v) is 12.0. The van der Waals surface area contributed by atoms with Crippen LogP contribution in [-0.4, -0.2) is 53.2 Å². The summed E-state index contributed by atoms with van der Waals surface area (Å²) in [5.74, 6) is -1.43. The lowest BCUT2D eigenvalue weighted by molar-refractivity contribution is -0.117. The average molecular weight is 301 g/mol. The summed E-state index contributed by atoms with van der Waals surface area (Å²) in [6, 6.07) is 3.93. The van der Waals surface area contributed by atoms with Gasteiger partial charge in [0.1, 0.15) is 0 Å². The van der Waals surface area contributed by atoms with Gasteiger partial charge in [0.2, 0.25) is 5.91 Å². The topological polar surface area (TPSA) is 89.9 Å². The summed E-state index contributed by atoms with van der Waals surface area (Å²) in [5.41, 5.74) is 0.295. The summed E-state index contributed by atoms with van der Waals surface area (Å²) in [7, 11) is 1.70. The fourth-order valence-corrected chi connectivity index (χ4v) is 1.63. The van der Waals surface area contributed by atoms with E-state index < -0.39 is 5.97 Å². The van der Waals surface area contributed by atoms with Gasteiger partial charge in [-0.15, -0.1) is 0 Å². The summed E-state index contributed by atoms with van der Waals surface area (Å²) in [5, 5.41) is 20.7. The number of carbonyl (C=O) groups is 2. The van der Waals surface area contributed by atoms with Crippen LogP contribution in [0.2, 0.25) is 5.02 Å². The smallest absolute Gasteiger partial charge is 0.335 e. The van der Waals surface area contributed by atoms with Crippen LogP contribution in [0.25, 0.3) is 0 Å². The molecule has 0 bridgehead atoms. The molecule has 0 spiro atoms. The molecule has 0 heterocycles. The molecule has 0 saturated carbocycles. The molecule has 20 heavy (non-hydrogen) atoms. The Balaban J connectivity index is 2.75. The molecule has 1 aromatic rings. The van der Waals surface area contributed by atoms with Gasteiger partial charge in [0.25, 0.3) is 0 Å². The predicted molar refractivity (Wildman–Crippen MR) is 76.2 cm³/mol. The van der Waals surface area contributed by atoms with Crippen LogP contribution in [-0.2, 0) is 4.79 Å². The van der Waals surface area contributed by atoms with Gasteiger partial charge in [-0.25, -0.2) is 4.79 Å². The van der Waals surface area contributed by atoms with Crippen LogP contribution in [0.5, 0.6) is 0 Å². The molecule has 1 atom stereocenters. The molecule has 1 unspecified atom stereocenters. The number of hydrogen-bond donors (Lipinski definition) is 3. The van der Waals surface area contributed by atoms with Gasteiger partial charge >= 0.3 is 5.97 Å². The van der Waals surface area contributed by atoms with E-state index >= 15 is 0 Å². The number of amides is 1. The monoisotopic (exact) mass is 300 g/mol. The van der Waals surface area contributed by atoms with Crippen LogP contribution >= 0.6 is 11.6 Å². The first-order valence-electron chi connectivity index (χ1n) is 5.99. The standard InChI is InChI=1S/C13H17ClN2O4/c1-8(7-17)16(2)6-12(18)15-11-5-9(13(19)20)3-4-10(11)14/h3-5,8,17H,6-7H2,1-2H3,(H,15,18)(H,19,20). The minimum atomic E-state index is -1.09. The number of benzene rings is 1. The van der Waals surface area contributed by atoms with E-state index in [1.54, 1.807) is 18.9 Å². The van der Waals surface area contributed by atoms with Crippen LogP contribution in [0, 0.1) is 0 Å². The number of anilines is 1. The summed E-state index contributed by atoms with van der Waals surface area (Å²) in [6.45, 7) is 1.79. The second-order valence-electron chi connectivity index (χ2n) is 4.49. The number of carbonyl (C=O) groups excluding carboxylic acids is 1. The number of aliphatic hydroxyl groups excluding tert-OH is 1. The van der Waals surface area contributed by atoms with E-state index in [9.17, 15) is 9.59 Å². The van der Waals surface area contributed by atoms with Crippen molar-refractivity contribution >= 4 is 29.2 Å². The van der Waals surface area contributed by atoms with Gasteiger partial charge < -0.3 is 15.5 Å². The maximum Gasteiger partial charge on any atom is 0.335 e. The Morgan fingerprint density at radius 2 is 2.10 bits per heavy atom. The highest BCUT2D eigenvalue weighted by Crippen LogP contribution is 2.23. The number of rotatable bonds is 6. The van der Waals surface area contributed by atoms with Crippen molar-refractivity contribution in [1.29, 1.82) is 0 Å². The molecule has 1 rings (SSSR count). The molecule has 0 aliphatic rings. The number of likely N-dealkylation sites (N-methyl/N-ethyl adjacent to an activating group) is 1. The lowest BCUT2D eigenvalue weighted by Crippen LogP contribution is -2.38. The molecule has 1 aromatic carbocycles. The highest BCUT2D eigenvalue weighted by molar-refractivity contribution is 6.33. The molecule has 7 heteroatoms. The Morgan fingerprint density at radius 3 is 2.65 bits per heavy atom. The van der Waals surface area contributed by atoms with Gasteiger partial charge in [0.15, 0.2) is 0 Å². The Kier molecular flexibility index (Phi) is 5.94. The molecular weight excluding hydrogens is 284 g/mol. The third-order valence-corrected chi connectivity index (χ3v) is 3.23. The van der Waals surface area contributed by atoms with Crippen molar-refractivity contribution in [2.75, 3.05) is 25.5 Å². The number of nitrogens with zero attached hydrogens (tertiary/aromatic N) is 1. The molecule has 6 nitrogen and oxygen atoms in total. The van der Waals surface area contributed by atoms with E-state index in [0.717, 1.165) is 0 Å². The summed E-state index contributed by atoms with van der Waals surface area (Å²) in [4.78, 5) is 24.4. The fraction of sp³-hybridized carbons (Fsp3) is 0.385. The van der Waals surface area contributed by atoms with Crippen molar-refractivity contribution < 1.29 is 19.8 Å². The van der Waals surface area contributed by atoms with Crippen molar-refractivity contribution in [3.05, 3.63) is 28.8 Å². The molecule has 0 aromatic heterocycles. The van der Waals surface area contributed by atoms with Crippen molar-refractivity contribution in [1.82, 2.24) is 4.90 Å². The average Bonchev–Trinajstić information content (AvgIpc) is 2.39. The summed E-state index contributed by atoms with van der Waals surface area (Å²) in [6.07, 6.45) is 0. The van der Waals surface area contributed by atoms with E-state index in [0.29, 0.717) is 0 Å². The van der Waals surface area contributed by atoms with Gasteiger partial charge in [0.05, 0.1) is 29.4 Å². The van der Waals surface area contributed by atoms with Crippen molar-refractivity contribution in [3.63, 3.8) is 0 Å². The first kappa shape index (κ1) is 16.4. The number of hydrogen-bond acceptors (Lipinski definition) is 4. The van der Waals surface area contributed by atoms with Crippen molar-refractivity contribution in [3.8, 4) is 0 Å². The zero-order valence-electron chi connectivity index (χ0n) is 11.3. The first-order valence-corrected chi connectivity index (χ1v) is 6.36. The highest BCUT2D eigenvalue weighted by atomic mass is 35.5. The lowest BCUT2D eigenvalue weighted by atomic mass is 10.2. The van der Waals surface area contributed by atoms with Crippen LogP contribution < -0.4 is 5.32 Å². The van der Waals surface area contributed by atoms with Crippen LogP contribution in [0.4, 0.5) is 5.69 Å². The molecule has 110 valence electrons. The second kappa shape index (κ2) is 7.23. The van der Waals surface area contributed by atoms with E-state index in [-0.39, 0.29) is 41.4 Å². The number of halogens is 1. The zero-order chi connectivity index (χ0) is 15.3. The third-order valence-electron chi connectivity index (χ3n) is 2.90. The van der Waals surface area contributed by atoms with Crippen LogP contribution in [0.3, 0.4) is 0 Å². The molecule has 0 aliphatic carbocycles. The van der Waals surface area contributed by atoms with Gasteiger partial charge in [0, 0.05) is 6.04 Å². The molecule has 0 aliphatic heterocycles. The SMILES string of the molecule is CC(CO)N(C)CC(=O)Nc1cc(C(=O)O)ccc1Cl. The molecule has 1 amide bonds. The molecule has 0 radical (unpaired) electrons.